The van der Waals surface area contributed by atoms with Gasteiger partial charge in [0, 0.05) is 25.2 Å². The summed E-state index contributed by atoms with van der Waals surface area (Å²) in [7, 11) is 0. The lowest BCUT2D eigenvalue weighted by molar-refractivity contribution is 0.0690. The van der Waals surface area contributed by atoms with E-state index < -0.39 is 5.69 Å². The molecule has 7 nitrogen and oxygen atoms in total. The molecular formula is C19H27ClN4O3. The van der Waals surface area contributed by atoms with E-state index >= 15 is 0 Å². The van der Waals surface area contributed by atoms with Crippen LogP contribution < -0.4 is 16.6 Å². The number of amides is 1. The molecule has 8 heteroatoms. The zero-order chi connectivity index (χ0) is 18.7. The molecule has 0 atom stereocenters. The van der Waals surface area contributed by atoms with E-state index in [4.69, 9.17) is 0 Å². The maximum absolute atomic E-state index is 12.8. The van der Waals surface area contributed by atoms with E-state index in [1.807, 2.05) is 4.90 Å². The van der Waals surface area contributed by atoms with Crippen molar-refractivity contribution in [3.63, 3.8) is 0 Å². The number of nitrogens with one attached hydrogen (secondary N) is 2. The number of hydrogen-bond donors (Lipinski definition) is 2. The van der Waals surface area contributed by atoms with Gasteiger partial charge in [-0.2, -0.15) is 0 Å². The summed E-state index contributed by atoms with van der Waals surface area (Å²) in [5, 5.41) is 3.79. The monoisotopic (exact) mass is 394 g/mol. The van der Waals surface area contributed by atoms with Crippen LogP contribution in [0, 0.1) is 5.92 Å². The second-order valence-electron chi connectivity index (χ2n) is 6.78. The van der Waals surface area contributed by atoms with Gasteiger partial charge < -0.3 is 15.2 Å². The maximum Gasteiger partial charge on any atom is 0.328 e. The quantitative estimate of drug-likeness (QED) is 0.806. The summed E-state index contributed by atoms with van der Waals surface area (Å²) in [5.74, 6) is 0.564. The third-order valence-electron chi connectivity index (χ3n) is 5.13. The first-order valence-corrected chi connectivity index (χ1v) is 9.32. The van der Waals surface area contributed by atoms with Gasteiger partial charge in [-0.3, -0.25) is 14.2 Å². The third-order valence-corrected chi connectivity index (χ3v) is 5.13. The van der Waals surface area contributed by atoms with Gasteiger partial charge in [0.15, 0.2) is 0 Å². The van der Waals surface area contributed by atoms with Gasteiger partial charge in [-0.25, -0.2) is 4.79 Å². The summed E-state index contributed by atoms with van der Waals surface area (Å²) < 4.78 is 1.15. The zero-order valence-corrected chi connectivity index (χ0v) is 16.6. The van der Waals surface area contributed by atoms with Crippen molar-refractivity contribution in [2.24, 2.45) is 5.92 Å². The summed E-state index contributed by atoms with van der Waals surface area (Å²) in [4.78, 5) is 41.7. The summed E-state index contributed by atoms with van der Waals surface area (Å²) >= 11 is 0. The molecule has 0 bridgehead atoms. The number of rotatable bonds is 5. The second kappa shape index (κ2) is 9.19. The smallest absolute Gasteiger partial charge is 0.328 e. The lowest BCUT2D eigenvalue weighted by Crippen LogP contribution is -2.40. The van der Waals surface area contributed by atoms with E-state index in [0.29, 0.717) is 28.9 Å². The Hall–Kier alpha value is -2.12. The Morgan fingerprint density at radius 1 is 1.22 bits per heavy atom. The molecule has 1 aliphatic heterocycles. The Morgan fingerprint density at radius 2 is 1.93 bits per heavy atom. The molecule has 0 aliphatic carbocycles. The Bertz CT molecular complexity index is 913. The van der Waals surface area contributed by atoms with Crippen molar-refractivity contribution in [1.82, 2.24) is 19.8 Å². The summed E-state index contributed by atoms with van der Waals surface area (Å²) in [5.41, 5.74) is 0.151. The molecule has 3 rings (SSSR count). The summed E-state index contributed by atoms with van der Waals surface area (Å²) in [6.07, 6.45) is 1.98. The Morgan fingerprint density at radius 3 is 2.56 bits per heavy atom. The number of fused-ring (bicyclic) bond motifs is 1. The first kappa shape index (κ1) is 21.2. The Balaban J connectivity index is 0.00000261. The van der Waals surface area contributed by atoms with E-state index in [9.17, 15) is 14.4 Å². The van der Waals surface area contributed by atoms with Gasteiger partial charge in [0.2, 0.25) is 0 Å². The molecule has 27 heavy (non-hydrogen) atoms. The topological polar surface area (TPSA) is 87.2 Å². The number of halogens is 1. The first-order valence-electron chi connectivity index (χ1n) is 9.32. The highest BCUT2D eigenvalue weighted by Crippen LogP contribution is 2.19. The van der Waals surface area contributed by atoms with E-state index in [1.54, 1.807) is 25.1 Å². The van der Waals surface area contributed by atoms with Crippen molar-refractivity contribution in [2.75, 3.05) is 26.2 Å². The van der Waals surface area contributed by atoms with Crippen LogP contribution in [0.25, 0.3) is 10.9 Å². The fourth-order valence-electron chi connectivity index (χ4n) is 3.55. The number of carbonyl (C=O) groups excluding carboxylic acids is 1. The average Bonchev–Trinajstić information content (AvgIpc) is 2.66. The maximum atomic E-state index is 12.8. The predicted molar refractivity (Wildman–Crippen MR) is 109 cm³/mol. The number of likely N-dealkylation sites (tertiary alicyclic amines) is 1. The minimum absolute atomic E-state index is 0. The molecule has 1 amide bonds. The number of aromatic amines is 1. The number of piperidine rings is 1. The molecule has 2 N–H and O–H groups in total. The first-order chi connectivity index (χ1) is 12.5. The number of aromatic nitrogens is 2. The standard InChI is InChI=1S/C19H26N4O3.ClH/c1-3-20-12-13-7-9-22(10-8-13)17(24)14-5-6-15-16(11-14)21-19(26)23(4-2)18(15)25;/h5-6,11,13,20H,3-4,7-10,12H2,1-2H3,(H,21,26);1H. The largest absolute Gasteiger partial charge is 0.339 e. The van der Waals surface area contributed by atoms with E-state index in [0.717, 1.165) is 43.6 Å². The van der Waals surface area contributed by atoms with E-state index in [1.165, 1.54) is 0 Å². The minimum Gasteiger partial charge on any atom is -0.339 e. The summed E-state index contributed by atoms with van der Waals surface area (Å²) in [6, 6.07) is 4.92. The number of benzene rings is 1. The van der Waals surface area contributed by atoms with Crippen molar-refractivity contribution in [3.8, 4) is 0 Å². The molecule has 0 unspecified atom stereocenters. The van der Waals surface area contributed by atoms with Crippen molar-refractivity contribution in [2.45, 2.75) is 33.2 Å². The highest BCUT2D eigenvalue weighted by atomic mass is 35.5. The van der Waals surface area contributed by atoms with Gasteiger partial charge >= 0.3 is 5.69 Å². The zero-order valence-electron chi connectivity index (χ0n) is 15.8. The molecule has 1 fully saturated rings. The second-order valence-corrected chi connectivity index (χ2v) is 6.78. The Labute approximate surface area is 164 Å². The highest BCUT2D eigenvalue weighted by Gasteiger charge is 2.23. The fourth-order valence-corrected chi connectivity index (χ4v) is 3.55. The molecule has 0 radical (unpaired) electrons. The van der Waals surface area contributed by atoms with Crippen LogP contribution in [-0.4, -0.2) is 46.5 Å². The van der Waals surface area contributed by atoms with Gasteiger partial charge in [-0.15, -0.1) is 12.4 Å². The Kier molecular flexibility index (Phi) is 7.21. The molecule has 2 heterocycles. The minimum atomic E-state index is -0.446. The molecule has 1 aliphatic rings. The van der Waals surface area contributed by atoms with E-state index in [-0.39, 0.29) is 23.9 Å². The van der Waals surface area contributed by atoms with Gasteiger partial charge in [0.1, 0.15) is 0 Å². The molecule has 1 aromatic carbocycles. The van der Waals surface area contributed by atoms with Crippen LogP contribution in [0.1, 0.15) is 37.0 Å². The molecule has 2 aromatic rings. The van der Waals surface area contributed by atoms with Crippen LogP contribution >= 0.6 is 12.4 Å². The molecule has 148 valence electrons. The summed E-state index contributed by atoms with van der Waals surface area (Å²) in [6.45, 7) is 7.60. The van der Waals surface area contributed by atoms with Crippen LogP contribution in [0.3, 0.4) is 0 Å². The molecule has 1 saturated heterocycles. The van der Waals surface area contributed by atoms with Crippen LogP contribution in [0.2, 0.25) is 0 Å². The van der Waals surface area contributed by atoms with E-state index in [2.05, 4.69) is 17.2 Å². The van der Waals surface area contributed by atoms with Crippen LogP contribution in [0.4, 0.5) is 0 Å². The van der Waals surface area contributed by atoms with Gasteiger partial charge in [0.05, 0.1) is 10.9 Å². The molecular weight excluding hydrogens is 368 g/mol. The van der Waals surface area contributed by atoms with Crippen molar-refractivity contribution in [1.29, 1.82) is 0 Å². The fraction of sp³-hybridized carbons (Fsp3) is 0.526. The van der Waals surface area contributed by atoms with Crippen LogP contribution in [0.5, 0.6) is 0 Å². The van der Waals surface area contributed by atoms with Crippen molar-refractivity contribution in [3.05, 3.63) is 44.6 Å². The number of nitrogens with zero attached hydrogens (tertiary/aromatic N) is 2. The van der Waals surface area contributed by atoms with Gasteiger partial charge in [-0.05, 0) is 57.0 Å². The third kappa shape index (κ3) is 4.42. The highest BCUT2D eigenvalue weighted by molar-refractivity contribution is 5.97. The predicted octanol–water partition coefficient (Wildman–Crippen LogP) is 1.59. The molecule has 0 spiro atoms. The molecule has 1 aromatic heterocycles. The lowest BCUT2D eigenvalue weighted by atomic mass is 9.96. The number of hydrogen-bond acceptors (Lipinski definition) is 4. The average molecular weight is 395 g/mol. The van der Waals surface area contributed by atoms with Crippen LogP contribution in [0.15, 0.2) is 27.8 Å². The van der Waals surface area contributed by atoms with Gasteiger partial charge in [-0.1, -0.05) is 6.92 Å². The normalized spacial score (nSPS) is 15.0. The van der Waals surface area contributed by atoms with Gasteiger partial charge in [0.25, 0.3) is 11.5 Å². The molecule has 0 saturated carbocycles. The van der Waals surface area contributed by atoms with Crippen molar-refractivity contribution < 1.29 is 4.79 Å². The number of H-pyrrole nitrogens is 1. The SMILES string of the molecule is CCNCC1CCN(C(=O)c2ccc3c(=O)n(CC)c(=O)[nH]c3c2)CC1.Cl. The lowest BCUT2D eigenvalue weighted by Gasteiger charge is -2.32. The van der Waals surface area contributed by atoms with Crippen molar-refractivity contribution >= 4 is 29.2 Å². The van der Waals surface area contributed by atoms with Crippen LogP contribution in [-0.2, 0) is 6.54 Å². The number of carbonyl (C=O) groups is 1.